The van der Waals surface area contributed by atoms with Gasteiger partial charge in [0.2, 0.25) is 0 Å². The van der Waals surface area contributed by atoms with Gasteiger partial charge < -0.3 is 9.80 Å². The van der Waals surface area contributed by atoms with E-state index in [4.69, 9.17) is 0 Å². The van der Waals surface area contributed by atoms with E-state index in [1.807, 2.05) is 84.6 Å². The van der Waals surface area contributed by atoms with Crippen LogP contribution in [0.5, 0.6) is 0 Å². The van der Waals surface area contributed by atoms with Gasteiger partial charge in [-0.3, -0.25) is 0 Å². The average molecular weight is 338 g/mol. The van der Waals surface area contributed by atoms with E-state index in [-0.39, 0.29) is 0 Å². The molecule has 0 bridgehead atoms. The molecule has 3 aromatic carbocycles. The van der Waals surface area contributed by atoms with Gasteiger partial charge >= 0.3 is 0 Å². The minimum Gasteiger partial charge on any atom is -0.344 e. The van der Waals surface area contributed by atoms with E-state index in [0.717, 1.165) is 11.4 Å². The van der Waals surface area contributed by atoms with Crippen LogP contribution in [0.25, 0.3) is 0 Å². The van der Waals surface area contributed by atoms with Gasteiger partial charge in [0, 0.05) is 25.5 Å². The molecule has 26 heavy (non-hydrogen) atoms. The van der Waals surface area contributed by atoms with Crippen molar-refractivity contribution in [2.45, 2.75) is 0 Å². The second-order valence-electron chi connectivity index (χ2n) is 5.90. The second-order valence-corrected chi connectivity index (χ2v) is 5.90. The molecule has 0 aliphatic rings. The van der Waals surface area contributed by atoms with Crippen molar-refractivity contribution >= 4 is 22.7 Å². The molecular formula is C22H18N4. The number of hydrogen-bond acceptors (Lipinski definition) is 4. The molecule has 0 radical (unpaired) electrons. The predicted molar refractivity (Wildman–Crippen MR) is 105 cm³/mol. The van der Waals surface area contributed by atoms with E-state index < -0.39 is 0 Å². The molecular weight excluding hydrogens is 320 g/mol. The smallest absolute Gasteiger partial charge is 0.101 e. The predicted octanol–water partition coefficient (Wildman–Crippen LogP) is 4.97. The highest BCUT2D eigenvalue weighted by atomic mass is 15.1. The molecule has 4 heteroatoms. The van der Waals surface area contributed by atoms with Crippen LogP contribution in [0.3, 0.4) is 0 Å². The number of nitriles is 2. The molecule has 0 atom stereocenters. The maximum atomic E-state index is 9.68. The number of hydrogen-bond donors (Lipinski definition) is 0. The van der Waals surface area contributed by atoms with Crippen LogP contribution in [-0.2, 0) is 0 Å². The van der Waals surface area contributed by atoms with Crippen LogP contribution < -0.4 is 9.80 Å². The summed E-state index contributed by atoms with van der Waals surface area (Å²) in [6.07, 6.45) is 0. The van der Waals surface area contributed by atoms with Crippen molar-refractivity contribution in [1.29, 1.82) is 10.5 Å². The molecule has 0 unspecified atom stereocenters. The average Bonchev–Trinajstić information content (AvgIpc) is 2.73. The fraction of sp³-hybridized carbons (Fsp3) is 0.0909. The van der Waals surface area contributed by atoms with Crippen molar-refractivity contribution in [2.24, 2.45) is 0 Å². The normalized spacial score (nSPS) is 9.85. The van der Waals surface area contributed by atoms with Crippen LogP contribution in [0.4, 0.5) is 22.7 Å². The lowest BCUT2D eigenvalue weighted by Crippen LogP contribution is -2.15. The molecule has 0 heterocycles. The third kappa shape index (κ3) is 3.22. The van der Waals surface area contributed by atoms with Crippen molar-refractivity contribution in [3.05, 3.63) is 83.9 Å². The monoisotopic (exact) mass is 338 g/mol. The third-order valence-corrected chi connectivity index (χ3v) is 4.36. The Bertz CT molecular complexity index is 899. The molecule has 0 aliphatic carbocycles. The van der Waals surface area contributed by atoms with Gasteiger partial charge in [0.15, 0.2) is 0 Å². The van der Waals surface area contributed by atoms with E-state index in [1.165, 1.54) is 0 Å². The van der Waals surface area contributed by atoms with Crippen LogP contribution in [-0.4, -0.2) is 14.1 Å². The molecule has 0 saturated carbocycles. The number of rotatable bonds is 4. The molecule has 126 valence electrons. The van der Waals surface area contributed by atoms with Crippen LogP contribution in [0.2, 0.25) is 0 Å². The lowest BCUT2D eigenvalue weighted by molar-refractivity contribution is 1.17. The molecule has 0 saturated heterocycles. The zero-order valence-electron chi connectivity index (χ0n) is 14.7. The van der Waals surface area contributed by atoms with Gasteiger partial charge in [-0.05, 0) is 36.4 Å². The van der Waals surface area contributed by atoms with Crippen molar-refractivity contribution in [1.82, 2.24) is 0 Å². The summed E-state index contributed by atoms with van der Waals surface area (Å²) in [5.74, 6) is 0. The second kappa shape index (κ2) is 7.42. The third-order valence-electron chi connectivity index (χ3n) is 4.36. The van der Waals surface area contributed by atoms with E-state index >= 15 is 0 Å². The van der Waals surface area contributed by atoms with Gasteiger partial charge in [0.05, 0.1) is 22.5 Å². The summed E-state index contributed by atoms with van der Waals surface area (Å²) in [7, 11) is 3.79. The Morgan fingerprint density at radius 1 is 0.615 bits per heavy atom. The van der Waals surface area contributed by atoms with E-state index in [1.54, 1.807) is 12.1 Å². The summed E-state index contributed by atoms with van der Waals surface area (Å²) in [4.78, 5) is 3.84. The maximum Gasteiger partial charge on any atom is 0.101 e. The highest BCUT2D eigenvalue weighted by Gasteiger charge is 2.17. The first-order valence-corrected chi connectivity index (χ1v) is 8.21. The highest BCUT2D eigenvalue weighted by molar-refractivity contribution is 5.78. The zero-order valence-corrected chi connectivity index (χ0v) is 14.7. The number of nitrogens with zero attached hydrogens (tertiary/aromatic N) is 4. The quantitative estimate of drug-likeness (QED) is 0.674. The molecule has 0 amide bonds. The number of anilines is 4. The largest absolute Gasteiger partial charge is 0.344 e. The maximum absolute atomic E-state index is 9.68. The van der Waals surface area contributed by atoms with Crippen molar-refractivity contribution in [3.63, 3.8) is 0 Å². The minimum atomic E-state index is 0.521. The Balaban J connectivity index is 2.10. The van der Waals surface area contributed by atoms with Gasteiger partial charge in [0.1, 0.15) is 12.1 Å². The number of para-hydroxylation sites is 2. The van der Waals surface area contributed by atoms with Crippen LogP contribution in [0, 0.1) is 22.7 Å². The summed E-state index contributed by atoms with van der Waals surface area (Å²) in [5, 5.41) is 19.4. The molecule has 0 aliphatic heterocycles. The molecule has 0 fully saturated rings. The standard InChI is InChI=1S/C22H18N4/c1-25(19-9-5-3-6-10-19)21-13-18(16-24)22(14-17(21)15-23)26(2)20-11-7-4-8-12-20/h3-14H,1-2H3. The van der Waals surface area contributed by atoms with E-state index in [2.05, 4.69) is 12.1 Å². The molecule has 0 N–H and O–H groups in total. The Kier molecular flexibility index (Phi) is 4.87. The minimum absolute atomic E-state index is 0.521. The van der Waals surface area contributed by atoms with Gasteiger partial charge in [-0.15, -0.1) is 0 Å². The van der Waals surface area contributed by atoms with Crippen molar-refractivity contribution in [2.75, 3.05) is 23.9 Å². The topological polar surface area (TPSA) is 54.1 Å². The van der Waals surface area contributed by atoms with Crippen LogP contribution >= 0.6 is 0 Å². The fourth-order valence-corrected chi connectivity index (χ4v) is 2.89. The van der Waals surface area contributed by atoms with Crippen molar-refractivity contribution < 1.29 is 0 Å². The van der Waals surface area contributed by atoms with E-state index in [0.29, 0.717) is 22.5 Å². The molecule has 4 nitrogen and oxygen atoms in total. The first-order chi connectivity index (χ1) is 12.7. The summed E-state index contributed by atoms with van der Waals surface area (Å²) in [5.41, 5.74) is 4.37. The molecule has 3 aromatic rings. The first-order valence-electron chi connectivity index (χ1n) is 8.21. The summed E-state index contributed by atoms with van der Waals surface area (Å²) >= 11 is 0. The Morgan fingerprint density at radius 3 is 1.27 bits per heavy atom. The van der Waals surface area contributed by atoms with E-state index in [9.17, 15) is 10.5 Å². The highest BCUT2D eigenvalue weighted by Crippen LogP contribution is 2.34. The zero-order chi connectivity index (χ0) is 18.5. The Hall–Kier alpha value is -3.76. The van der Waals surface area contributed by atoms with Crippen LogP contribution in [0.1, 0.15) is 11.1 Å². The van der Waals surface area contributed by atoms with Gasteiger partial charge in [0.25, 0.3) is 0 Å². The molecule has 0 aromatic heterocycles. The van der Waals surface area contributed by atoms with Gasteiger partial charge in [-0.2, -0.15) is 10.5 Å². The number of benzene rings is 3. The van der Waals surface area contributed by atoms with Gasteiger partial charge in [-0.25, -0.2) is 0 Å². The lowest BCUT2D eigenvalue weighted by atomic mass is 10.0. The first kappa shape index (κ1) is 17.1. The SMILES string of the molecule is CN(c1ccccc1)c1cc(C#N)c(N(C)c2ccccc2)cc1C#N. The van der Waals surface area contributed by atoms with Crippen LogP contribution in [0.15, 0.2) is 72.8 Å². The fourth-order valence-electron chi connectivity index (χ4n) is 2.89. The van der Waals surface area contributed by atoms with Gasteiger partial charge in [-0.1, -0.05) is 36.4 Å². The summed E-state index contributed by atoms with van der Waals surface area (Å²) < 4.78 is 0. The Labute approximate surface area is 153 Å². The summed E-state index contributed by atoms with van der Waals surface area (Å²) in [6.45, 7) is 0. The summed E-state index contributed by atoms with van der Waals surface area (Å²) in [6, 6.07) is 27.6. The molecule has 0 spiro atoms. The Morgan fingerprint density at radius 2 is 0.962 bits per heavy atom. The molecule has 3 rings (SSSR count). The van der Waals surface area contributed by atoms with Crippen molar-refractivity contribution in [3.8, 4) is 12.1 Å². The lowest BCUT2D eigenvalue weighted by Gasteiger charge is -2.25.